The minimum absolute atomic E-state index is 0.154. The van der Waals surface area contributed by atoms with Gasteiger partial charge in [0.1, 0.15) is 5.88 Å². The molecule has 0 saturated carbocycles. The van der Waals surface area contributed by atoms with Gasteiger partial charge in [-0.1, -0.05) is 15.9 Å². The maximum Gasteiger partial charge on any atom is 0.239 e. The quantitative estimate of drug-likeness (QED) is 0.816. The Morgan fingerprint density at radius 2 is 1.48 bits per heavy atom. The summed E-state index contributed by atoms with van der Waals surface area (Å²) in [6, 6.07) is 12.3. The van der Waals surface area contributed by atoms with Crippen LogP contribution in [0.3, 0.4) is 0 Å². The average Bonchev–Trinajstić information content (AvgIpc) is 2.48. The number of hydrogen-bond donors (Lipinski definition) is 1. The van der Waals surface area contributed by atoms with Gasteiger partial charge in [0.25, 0.3) is 0 Å². The Balaban J connectivity index is 2.29. The number of anilines is 1. The normalized spacial score (nSPS) is 11.1. The predicted octanol–water partition coefficient (Wildman–Crippen LogP) is 3.46. The third kappa shape index (κ3) is 3.84. The van der Waals surface area contributed by atoms with Gasteiger partial charge in [0.2, 0.25) is 15.7 Å². The molecule has 0 spiro atoms. The Morgan fingerprint density at radius 3 is 1.95 bits per heavy atom. The van der Waals surface area contributed by atoms with Gasteiger partial charge >= 0.3 is 0 Å². The van der Waals surface area contributed by atoms with Crippen LogP contribution in [-0.2, 0) is 14.6 Å². The van der Waals surface area contributed by atoms with E-state index < -0.39 is 9.84 Å². The molecule has 2 rings (SSSR count). The van der Waals surface area contributed by atoms with Crippen molar-refractivity contribution in [1.29, 1.82) is 0 Å². The molecule has 1 amide bonds. The summed E-state index contributed by atoms with van der Waals surface area (Å²) in [5, 5.41) is 2.55. The van der Waals surface area contributed by atoms with E-state index in [1.165, 1.54) is 36.4 Å². The number of halogens is 2. The number of benzene rings is 2. The molecule has 0 bridgehead atoms. The Bertz CT molecular complexity index is 743. The van der Waals surface area contributed by atoms with E-state index in [0.717, 1.165) is 4.47 Å². The molecular formula is C14H11BrClNO3S. The highest BCUT2D eigenvalue weighted by molar-refractivity contribution is 9.10. The van der Waals surface area contributed by atoms with Crippen molar-refractivity contribution in [1.82, 2.24) is 0 Å². The Kier molecular flexibility index (Phi) is 5.03. The van der Waals surface area contributed by atoms with Crippen LogP contribution in [0.1, 0.15) is 0 Å². The fourth-order valence-corrected chi connectivity index (χ4v) is 3.25. The summed E-state index contributed by atoms with van der Waals surface area (Å²) in [7, 11) is -3.57. The highest BCUT2D eigenvalue weighted by Gasteiger charge is 2.17. The van der Waals surface area contributed by atoms with E-state index >= 15 is 0 Å². The fourth-order valence-electron chi connectivity index (χ4n) is 1.66. The van der Waals surface area contributed by atoms with Crippen molar-refractivity contribution in [2.24, 2.45) is 0 Å². The second-order valence-corrected chi connectivity index (χ2v) is 7.30. The summed E-state index contributed by atoms with van der Waals surface area (Å²) >= 11 is 8.65. The zero-order chi connectivity index (χ0) is 15.5. The molecule has 0 saturated heterocycles. The molecule has 0 atom stereocenters. The third-order valence-electron chi connectivity index (χ3n) is 2.69. The second kappa shape index (κ2) is 6.60. The molecule has 0 aliphatic rings. The molecule has 0 unspecified atom stereocenters. The standard InChI is InChI=1S/C14H11BrClNO3S/c15-10-1-5-12(6-2-10)21(19,20)13-7-3-11(4-8-13)17-14(18)9-16/h1-8H,9H2,(H,17,18). The van der Waals surface area contributed by atoms with Gasteiger partial charge in [-0.2, -0.15) is 0 Å². The molecule has 7 heteroatoms. The minimum Gasteiger partial charge on any atom is -0.325 e. The molecule has 2 aromatic carbocycles. The number of amides is 1. The van der Waals surface area contributed by atoms with E-state index in [-0.39, 0.29) is 21.6 Å². The van der Waals surface area contributed by atoms with Gasteiger partial charge in [0, 0.05) is 10.2 Å². The van der Waals surface area contributed by atoms with Crippen molar-refractivity contribution in [2.75, 3.05) is 11.2 Å². The van der Waals surface area contributed by atoms with Crippen molar-refractivity contribution >= 4 is 49.0 Å². The van der Waals surface area contributed by atoms with Gasteiger partial charge in [-0.05, 0) is 48.5 Å². The van der Waals surface area contributed by atoms with Crippen molar-refractivity contribution in [2.45, 2.75) is 9.79 Å². The van der Waals surface area contributed by atoms with Gasteiger partial charge in [-0.3, -0.25) is 4.79 Å². The Morgan fingerprint density at radius 1 is 1.00 bits per heavy atom. The van der Waals surface area contributed by atoms with Crippen LogP contribution >= 0.6 is 27.5 Å². The van der Waals surface area contributed by atoms with Crippen LogP contribution in [0.25, 0.3) is 0 Å². The number of alkyl halides is 1. The van der Waals surface area contributed by atoms with Crippen molar-refractivity contribution in [3.8, 4) is 0 Å². The summed E-state index contributed by atoms with van der Waals surface area (Å²) in [6.07, 6.45) is 0. The zero-order valence-corrected chi connectivity index (χ0v) is 13.9. The molecule has 1 N–H and O–H groups in total. The van der Waals surface area contributed by atoms with Crippen LogP contribution in [0.4, 0.5) is 5.69 Å². The molecule has 2 aromatic rings. The molecule has 4 nitrogen and oxygen atoms in total. The molecular weight excluding hydrogens is 378 g/mol. The predicted molar refractivity (Wildman–Crippen MR) is 85.4 cm³/mol. The SMILES string of the molecule is O=C(CCl)Nc1ccc(S(=O)(=O)c2ccc(Br)cc2)cc1. The van der Waals surface area contributed by atoms with Crippen molar-refractivity contribution < 1.29 is 13.2 Å². The number of rotatable bonds is 4. The van der Waals surface area contributed by atoms with E-state index in [2.05, 4.69) is 21.2 Å². The largest absolute Gasteiger partial charge is 0.325 e. The Hall–Kier alpha value is -1.37. The molecule has 110 valence electrons. The lowest BCUT2D eigenvalue weighted by Gasteiger charge is -2.07. The van der Waals surface area contributed by atoms with Crippen molar-refractivity contribution in [3.63, 3.8) is 0 Å². The molecule has 0 aliphatic heterocycles. The maximum atomic E-state index is 12.4. The summed E-state index contributed by atoms with van der Waals surface area (Å²) in [5.74, 6) is -0.501. The number of nitrogens with one attached hydrogen (secondary N) is 1. The van der Waals surface area contributed by atoms with Crippen LogP contribution in [0.2, 0.25) is 0 Å². The lowest BCUT2D eigenvalue weighted by molar-refractivity contribution is -0.113. The second-order valence-electron chi connectivity index (χ2n) is 4.16. The van der Waals surface area contributed by atoms with Crippen molar-refractivity contribution in [3.05, 3.63) is 53.0 Å². The van der Waals surface area contributed by atoms with Gasteiger partial charge in [-0.25, -0.2) is 8.42 Å². The molecule has 0 radical (unpaired) electrons. The first-order valence-electron chi connectivity index (χ1n) is 5.90. The van der Waals surface area contributed by atoms with Gasteiger partial charge in [0.15, 0.2) is 0 Å². The third-order valence-corrected chi connectivity index (χ3v) is 5.25. The molecule has 0 aromatic heterocycles. The van der Waals surface area contributed by atoms with E-state index in [0.29, 0.717) is 5.69 Å². The van der Waals surface area contributed by atoms with Gasteiger partial charge in [0.05, 0.1) is 9.79 Å². The summed E-state index contributed by atoms with van der Waals surface area (Å²) in [5.41, 5.74) is 0.496. The first-order chi connectivity index (χ1) is 9.93. The van der Waals surface area contributed by atoms with Crippen LogP contribution in [0.5, 0.6) is 0 Å². The van der Waals surface area contributed by atoms with E-state index in [4.69, 9.17) is 11.6 Å². The highest BCUT2D eigenvalue weighted by atomic mass is 79.9. The topological polar surface area (TPSA) is 63.2 Å². The molecule has 0 fully saturated rings. The summed E-state index contributed by atoms with van der Waals surface area (Å²) in [4.78, 5) is 11.5. The Labute approximate surface area is 136 Å². The summed E-state index contributed by atoms with van der Waals surface area (Å²) < 4.78 is 25.6. The van der Waals surface area contributed by atoms with Gasteiger partial charge in [-0.15, -0.1) is 11.6 Å². The number of carbonyl (C=O) groups excluding carboxylic acids is 1. The lowest BCUT2D eigenvalue weighted by Crippen LogP contribution is -2.12. The maximum absolute atomic E-state index is 12.4. The smallest absolute Gasteiger partial charge is 0.239 e. The number of sulfone groups is 1. The van der Waals surface area contributed by atoms with E-state index in [1.807, 2.05) is 0 Å². The first kappa shape index (κ1) is 16.0. The first-order valence-corrected chi connectivity index (χ1v) is 8.71. The van der Waals surface area contributed by atoms with Crippen LogP contribution in [0, 0.1) is 0 Å². The van der Waals surface area contributed by atoms with Crippen LogP contribution < -0.4 is 5.32 Å². The van der Waals surface area contributed by atoms with E-state index in [1.54, 1.807) is 12.1 Å². The van der Waals surface area contributed by atoms with Gasteiger partial charge < -0.3 is 5.32 Å². The number of carbonyl (C=O) groups is 1. The molecule has 0 heterocycles. The lowest BCUT2D eigenvalue weighted by atomic mass is 10.3. The van der Waals surface area contributed by atoms with Crippen LogP contribution in [0.15, 0.2) is 62.8 Å². The molecule has 0 aliphatic carbocycles. The number of hydrogen-bond acceptors (Lipinski definition) is 3. The summed E-state index contributed by atoms with van der Waals surface area (Å²) in [6.45, 7) is 0. The monoisotopic (exact) mass is 387 g/mol. The zero-order valence-electron chi connectivity index (χ0n) is 10.7. The highest BCUT2D eigenvalue weighted by Crippen LogP contribution is 2.23. The minimum atomic E-state index is -3.57. The average molecular weight is 389 g/mol. The van der Waals surface area contributed by atoms with Crippen LogP contribution in [-0.4, -0.2) is 20.2 Å². The fraction of sp³-hybridized carbons (Fsp3) is 0.0714. The van der Waals surface area contributed by atoms with E-state index in [9.17, 15) is 13.2 Å². The molecule has 21 heavy (non-hydrogen) atoms.